The van der Waals surface area contributed by atoms with Gasteiger partial charge in [-0.3, -0.25) is 0 Å². The Morgan fingerprint density at radius 2 is 2.00 bits per heavy atom. The van der Waals surface area contributed by atoms with Crippen LogP contribution < -0.4 is 5.43 Å². The van der Waals surface area contributed by atoms with Crippen LogP contribution in [0.5, 0.6) is 0 Å². The van der Waals surface area contributed by atoms with E-state index in [9.17, 15) is 0 Å². The second-order valence-corrected chi connectivity index (χ2v) is 4.92. The summed E-state index contributed by atoms with van der Waals surface area (Å²) >= 11 is 5.09. The quantitative estimate of drug-likeness (QED) is 0.623. The molecule has 1 aliphatic rings. The highest BCUT2D eigenvalue weighted by Crippen LogP contribution is 2.13. The lowest BCUT2D eigenvalue weighted by molar-refractivity contribution is -0.551. The third kappa shape index (κ3) is 2.67. The summed E-state index contributed by atoms with van der Waals surface area (Å²) in [6.45, 7) is 5.38. The fraction of sp³-hybridized carbons (Fsp3) is 0.385. The fourth-order valence-electron chi connectivity index (χ4n) is 1.74. The molecular formula is C13H17N2S+. The Labute approximate surface area is 102 Å². The van der Waals surface area contributed by atoms with E-state index in [1.807, 2.05) is 4.68 Å². The van der Waals surface area contributed by atoms with Crippen molar-refractivity contribution in [1.29, 1.82) is 0 Å². The second kappa shape index (κ2) is 4.74. The van der Waals surface area contributed by atoms with Gasteiger partial charge in [-0.1, -0.05) is 38.2 Å². The molecule has 0 saturated carbocycles. The first-order valence-corrected chi connectivity index (χ1v) is 6.07. The van der Waals surface area contributed by atoms with Gasteiger partial charge in [-0.15, -0.1) is 4.68 Å². The Kier molecular flexibility index (Phi) is 3.34. The molecule has 1 N–H and O–H groups in total. The minimum absolute atomic E-state index is 0.589. The van der Waals surface area contributed by atoms with Crippen LogP contribution in [-0.4, -0.2) is 22.4 Å². The van der Waals surface area contributed by atoms with E-state index in [2.05, 4.69) is 49.8 Å². The SMILES string of the molecule is CC(C)c1ccc(C=[N+]2CCC(=S)N2)cc1. The Bertz CT molecular complexity index is 418. The number of hydrogen-bond acceptors (Lipinski definition) is 1. The van der Waals surface area contributed by atoms with Crippen LogP contribution in [0.2, 0.25) is 0 Å². The molecule has 0 radical (unpaired) electrons. The minimum atomic E-state index is 0.589. The lowest BCUT2D eigenvalue weighted by Gasteiger charge is -2.03. The average Bonchev–Trinajstić information content (AvgIpc) is 2.65. The van der Waals surface area contributed by atoms with Crippen LogP contribution in [0.15, 0.2) is 24.3 Å². The Hall–Kier alpha value is -1.22. The third-order valence-corrected chi connectivity index (χ3v) is 3.05. The Morgan fingerprint density at radius 3 is 2.50 bits per heavy atom. The summed E-state index contributed by atoms with van der Waals surface area (Å²) in [6.07, 6.45) is 3.05. The summed E-state index contributed by atoms with van der Waals surface area (Å²) < 4.78 is 2.05. The predicted molar refractivity (Wildman–Crippen MR) is 71.2 cm³/mol. The number of hydrazone groups is 1. The largest absolute Gasteiger partial charge is 0.200 e. The van der Waals surface area contributed by atoms with E-state index in [0.29, 0.717) is 5.92 Å². The van der Waals surface area contributed by atoms with Gasteiger partial charge in [0.15, 0.2) is 6.54 Å². The predicted octanol–water partition coefficient (Wildman–Crippen LogP) is 2.48. The van der Waals surface area contributed by atoms with Crippen molar-refractivity contribution in [3.63, 3.8) is 0 Å². The van der Waals surface area contributed by atoms with Crippen LogP contribution in [0.4, 0.5) is 0 Å². The zero-order valence-corrected chi connectivity index (χ0v) is 10.6. The molecule has 1 aromatic carbocycles. The molecule has 1 saturated heterocycles. The van der Waals surface area contributed by atoms with Gasteiger partial charge in [0.25, 0.3) is 0 Å². The molecule has 0 amide bonds. The normalized spacial score (nSPS) is 18.2. The van der Waals surface area contributed by atoms with Crippen LogP contribution in [0.3, 0.4) is 0 Å². The first-order valence-electron chi connectivity index (χ1n) is 5.66. The summed E-state index contributed by atoms with van der Waals surface area (Å²) in [7, 11) is 0. The lowest BCUT2D eigenvalue weighted by atomic mass is 10.0. The average molecular weight is 233 g/mol. The smallest absolute Gasteiger partial charge is 0.159 e. The van der Waals surface area contributed by atoms with E-state index in [4.69, 9.17) is 12.2 Å². The van der Waals surface area contributed by atoms with Crippen molar-refractivity contribution in [3.8, 4) is 0 Å². The van der Waals surface area contributed by atoms with Crippen LogP contribution in [-0.2, 0) is 0 Å². The Balaban J connectivity index is 2.13. The van der Waals surface area contributed by atoms with E-state index in [1.54, 1.807) is 0 Å². The number of benzene rings is 1. The minimum Gasteiger partial charge on any atom is -0.159 e. The van der Waals surface area contributed by atoms with Crippen LogP contribution in [0.25, 0.3) is 0 Å². The molecule has 1 heterocycles. The maximum atomic E-state index is 5.09. The number of nitrogens with zero attached hydrogens (tertiary/aromatic N) is 1. The molecule has 84 valence electrons. The number of nitrogens with one attached hydrogen (secondary N) is 1. The first-order chi connectivity index (χ1) is 7.65. The van der Waals surface area contributed by atoms with Gasteiger partial charge >= 0.3 is 0 Å². The van der Waals surface area contributed by atoms with Crippen LogP contribution in [0.1, 0.15) is 37.3 Å². The molecule has 2 rings (SSSR count). The van der Waals surface area contributed by atoms with E-state index < -0.39 is 0 Å². The molecule has 3 heteroatoms. The highest BCUT2D eigenvalue weighted by Gasteiger charge is 2.17. The van der Waals surface area contributed by atoms with Crippen molar-refractivity contribution < 1.29 is 4.68 Å². The second-order valence-electron chi connectivity index (χ2n) is 4.43. The van der Waals surface area contributed by atoms with Gasteiger partial charge in [0.1, 0.15) is 4.99 Å². The van der Waals surface area contributed by atoms with E-state index in [1.165, 1.54) is 11.1 Å². The van der Waals surface area contributed by atoms with E-state index in [-0.39, 0.29) is 0 Å². The highest BCUT2D eigenvalue weighted by atomic mass is 32.1. The van der Waals surface area contributed by atoms with Crippen molar-refractivity contribution in [2.24, 2.45) is 0 Å². The molecule has 0 spiro atoms. The topological polar surface area (TPSA) is 15.0 Å². The summed E-state index contributed by atoms with van der Waals surface area (Å²) in [6, 6.07) is 8.67. The number of hydrazine groups is 1. The third-order valence-electron chi connectivity index (χ3n) is 2.76. The van der Waals surface area contributed by atoms with Crippen molar-refractivity contribution in [2.45, 2.75) is 26.2 Å². The summed E-state index contributed by atoms with van der Waals surface area (Å²) in [5.74, 6) is 0.589. The maximum absolute atomic E-state index is 5.09. The van der Waals surface area contributed by atoms with Gasteiger partial charge < -0.3 is 0 Å². The molecule has 16 heavy (non-hydrogen) atoms. The standard InChI is InChI=1S/C13H16N2S/c1-10(2)12-5-3-11(4-6-12)9-15-8-7-13(16)14-15/h3-6,9-10H,7-8H2,1-2H3/p+1. The van der Waals surface area contributed by atoms with Gasteiger partial charge in [-0.2, -0.15) is 5.43 Å². The van der Waals surface area contributed by atoms with Crippen molar-refractivity contribution in [2.75, 3.05) is 6.54 Å². The molecule has 0 bridgehead atoms. The summed E-state index contributed by atoms with van der Waals surface area (Å²) in [5, 5.41) is 0. The van der Waals surface area contributed by atoms with Crippen LogP contribution in [0, 0.1) is 0 Å². The Morgan fingerprint density at radius 1 is 1.31 bits per heavy atom. The van der Waals surface area contributed by atoms with Gasteiger partial charge in [0, 0.05) is 5.56 Å². The number of thiocarbonyl (C=S) groups is 1. The van der Waals surface area contributed by atoms with Gasteiger partial charge in [0.2, 0.25) is 6.21 Å². The van der Waals surface area contributed by atoms with E-state index >= 15 is 0 Å². The molecular weight excluding hydrogens is 216 g/mol. The highest BCUT2D eigenvalue weighted by molar-refractivity contribution is 7.80. The molecule has 1 aromatic rings. The summed E-state index contributed by atoms with van der Waals surface area (Å²) in [5.41, 5.74) is 5.74. The summed E-state index contributed by atoms with van der Waals surface area (Å²) in [4.78, 5) is 0.926. The van der Waals surface area contributed by atoms with Gasteiger partial charge in [-0.25, -0.2) is 0 Å². The van der Waals surface area contributed by atoms with Crippen molar-refractivity contribution in [3.05, 3.63) is 35.4 Å². The molecule has 0 aromatic heterocycles. The molecule has 2 nitrogen and oxygen atoms in total. The number of hydrogen-bond donors (Lipinski definition) is 1. The van der Waals surface area contributed by atoms with Gasteiger partial charge in [0.05, 0.1) is 6.42 Å². The van der Waals surface area contributed by atoms with Crippen molar-refractivity contribution >= 4 is 23.4 Å². The fourth-order valence-corrected chi connectivity index (χ4v) is 1.95. The van der Waals surface area contributed by atoms with Crippen LogP contribution >= 0.6 is 12.2 Å². The lowest BCUT2D eigenvalue weighted by Crippen LogP contribution is -2.24. The monoisotopic (exact) mass is 233 g/mol. The molecule has 1 aliphatic heterocycles. The first kappa shape index (κ1) is 11.3. The molecule has 0 unspecified atom stereocenters. The molecule has 0 atom stereocenters. The number of rotatable bonds is 2. The zero-order valence-electron chi connectivity index (χ0n) is 9.73. The molecule has 0 aliphatic carbocycles. The van der Waals surface area contributed by atoms with Crippen molar-refractivity contribution in [1.82, 2.24) is 5.43 Å². The van der Waals surface area contributed by atoms with E-state index in [0.717, 1.165) is 18.0 Å². The van der Waals surface area contributed by atoms with Gasteiger partial charge in [-0.05, 0) is 23.6 Å². The maximum Gasteiger partial charge on any atom is 0.200 e. The zero-order chi connectivity index (χ0) is 11.5. The molecule has 1 fully saturated rings.